The Kier molecular flexibility index (Phi) is 3.09. The van der Waals surface area contributed by atoms with Gasteiger partial charge in [0.25, 0.3) is 0 Å². The van der Waals surface area contributed by atoms with Crippen molar-refractivity contribution < 1.29 is 13.2 Å². The number of sulfone groups is 1. The predicted molar refractivity (Wildman–Crippen MR) is 46.9 cm³/mol. The van der Waals surface area contributed by atoms with E-state index in [0.29, 0.717) is 6.42 Å². The average molecular weight is 193 g/mol. The standard InChI is InChI=1S/C7H15NO3S/c1-8-6(7-5-11-7)3-4-12(2,9)10/h6-8H,3-5H2,1-2H3. The van der Waals surface area contributed by atoms with Crippen LogP contribution in [0.3, 0.4) is 0 Å². The first-order valence-electron chi connectivity index (χ1n) is 3.99. The zero-order valence-corrected chi connectivity index (χ0v) is 8.23. The second-order valence-corrected chi connectivity index (χ2v) is 5.45. The molecule has 12 heavy (non-hydrogen) atoms. The number of rotatable bonds is 5. The van der Waals surface area contributed by atoms with Crippen LogP contribution in [0, 0.1) is 0 Å². The highest BCUT2D eigenvalue weighted by molar-refractivity contribution is 7.90. The lowest BCUT2D eigenvalue weighted by molar-refractivity contribution is 0.346. The lowest BCUT2D eigenvalue weighted by Crippen LogP contribution is -2.32. The molecule has 0 radical (unpaired) electrons. The minimum atomic E-state index is -2.83. The first kappa shape index (κ1) is 9.95. The summed E-state index contributed by atoms with van der Waals surface area (Å²) >= 11 is 0. The minimum absolute atomic E-state index is 0.194. The molecular formula is C7H15NO3S. The third-order valence-corrected chi connectivity index (χ3v) is 2.96. The summed E-state index contributed by atoms with van der Waals surface area (Å²) in [5, 5.41) is 3.05. The Hall–Kier alpha value is -0.130. The Morgan fingerprint density at radius 2 is 2.25 bits per heavy atom. The molecule has 0 aromatic heterocycles. The quantitative estimate of drug-likeness (QED) is 0.593. The summed E-state index contributed by atoms with van der Waals surface area (Å²) < 4.78 is 26.7. The Morgan fingerprint density at radius 1 is 1.67 bits per heavy atom. The summed E-state index contributed by atoms with van der Waals surface area (Å²) in [5.41, 5.74) is 0. The van der Waals surface area contributed by atoms with Crippen molar-refractivity contribution >= 4 is 9.84 Å². The van der Waals surface area contributed by atoms with Crippen LogP contribution in [0.25, 0.3) is 0 Å². The van der Waals surface area contributed by atoms with Crippen molar-refractivity contribution in [2.45, 2.75) is 18.6 Å². The molecule has 0 aromatic carbocycles. The van der Waals surface area contributed by atoms with Crippen molar-refractivity contribution in [2.24, 2.45) is 0 Å². The van der Waals surface area contributed by atoms with E-state index >= 15 is 0 Å². The van der Waals surface area contributed by atoms with Crippen LogP contribution in [-0.2, 0) is 14.6 Å². The van der Waals surface area contributed by atoms with Gasteiger partial charge in [-0.1, -0.05) is 0 Å². The Balaban J connectivity index is 2.28. The number of hydrogen-bond donors (Lipinski definition) is 1. The van der Waals surface area contributed by atoms with Gasteiger partial charge in [0.1, 0.15) is 9.84 Å². The van der Waals surface area contributed by atoms with Crippen molar-refractivity contribution in [3.05, 3.63) is 0 Å². The summed E-state index contributed by atoms with van der Waals surface area (Å²) in [4.78, 5) is 0. The van der Waals surface area contributed by atoms with Gasteiger partial charge < -0.3 is 10.1 Å². The predicted octanol–water partition coefficient (Wildman–Crippen LogP) is -0.592. The molecule has 1 aliphatic heterocycles. The molecule has 2 atom stereocenters. The van der Waals surface area contributed by atoms with Crippen LogP contribution in [0.5, 0.6) is 0 Å². The Labute approximate surface area is 73.2 Å². The van der Waals surface area contributed by atoms with Crippen LogP contribution >= 0.6 is 0 Å². The fourth-order valence-corrected chi connectivity index (χ4v) is 1.83. The molecule has 1 aliphatic rings. The largest absolute Gasteiger partial charge is 0.371 e. The van der Waals surface area contributed by atoms with E-state index in [2.05, 4.69) is 5.32 Å². The van der Waals surface area contributed by atoms with Gasteiger partial charge >= 0.3 is 0 Å². The minimum Gasteiger partial charge on any atom is -0.371 e. The summed E-state index contributed by atoms with van der Waals surface area (Å²) in [6.07, 6.45) is 2.13. The van der Waals surface area contributed by atoms with E-state index in [-0.39, 0.29) is 17.9 Å². The number of nitrogens with one attached hydrogen (secondary N) is 1. The third kappa shape index (κ3) is 3.51. The molecule has 1 heterocycles. The molecule has 5 heteroatoms. The second-order valence-electron chi connectivity index (χ2n) is 3.19. The molecule has 0 amide bonds. The van der Waals surface area contributed by atoms with E-state index in [1.807, 2.05) is 7.05 Å². The van der Waals surface area contributed by atoms with Crippen LogP contribution in [-0.4, -0.2) is 46.2 Å². The van der Waals surface area contributed by atoms with E-state index < -0.39 is 9.84 Å². The van der Waals surface area contributed by atoms with Crippen molar-refractivity contribution in [1.29, 1.82) is 0 Å². The van der Waals surface area contributed by atoms with Gasteiger partial charge in [0, 0.05) is 12.3 Å². The van der Waals surface area contributed by atoms with E-state index in [1.165, 1.54) is 6.26 Å². The summed E-state index contributed by atoms with van der Waals surface area (Å²) in [5.74, 6) is 0.234. The fraction of sp³-hybridized carbons (Fsp3) is 1.00. The highest BCUT2D eigenvalue weighted by Crippen LogP contribution is 2.16. The van der Waals surface area contributed by atoms with Crippen LogP contribution in [0.15, 0.2) is 0 Å². The maximum atomic E-state index is 10.8. The van der Waals surface area contributed by atoms with Crippen LogP contribution in [0.1, 0.15) is 6.42 Å². The van der Waals surface area contributed by atoms with Gasteiger partial charge in [0.05, 0.1) is 18.5 Å². The highest BCUT2D eigenvalue weighted by atomic mass is 32.2. The van der Waals surface area contributed by atoms with Crippen molar-refractivity contribution in [3.8, 4) is 0 Å². The van der Waals surface area contributed by atoms with E-state index in [4.69, 9.17) is 4.74 Å². The normalized spacial score (nSPS) is 25.3. The van der Waals surface area contributed by atoms with Crippen LogP contribution in [0.2, 0.25) is 0 Å². The smallest absolute Gasteiger partial charge is 0.147 e. The lowest BCUT2D eigenvalue weighted by Gasteiger charge is -2.11. The van der Waals surface area contributed by atoms with Gasteiger partial charge in [-0.2, -0.15) is 0 Å². The molecule has 0 spiro atoms. The number of hydrogen-bond acceptors (Lipinski definition) is 4. The molecule has 2 unspecified atom stereocenters. The fourth-order valence-electron chi connectivity index (χ4n) is 1.15. The van der Waals surface area contributed by atoms with Crippen molar-refractivity contribution in [3.63, 3.8) is 0 Å². The van der Waals surface area contributed by atoms with Gasteiger partial charge in [-0.25, -0.2) is 8.42 Å². The number of likely N-dealkylation sites (N-methyl/N-ethyl adjacent to an activating group) is 1. The SMILES string of the molecule is CNC(CCS(C)(=O)=O)C1CO1. The molecule has 4 nitrogen and oxygen atoms in total. The first-order chi connectivity index (χ1) is 5.53. The maximum Gasteiger partial charge on any atom is 0.147 e. The first-order valence-corrected chi connectivity index (χ1v) is 6.05. The molecule has 1 rings (SSSR count). The second kappa shape index (κ2) is 3.72. The van der Waals surface area contributed by atoms with E-state index in [9.17, 15) is 8.42 Å². The van der Waals surface area contributed by atoms with E-state index in [0.717, 1.165) is 6.61 Å². The van der Waals surface area contributed by atoms with Gasteiger partial charge in [0.15, 0.2) is 0 Å². The van der Waals surface area contributed by atoms with Crippen molar-refractivity contribution in [1.82, 2.24) is 5.32 Å². The molecule has 0 aliphatic carbocycles. The molecule has 0 bridgehead atoms. The van der Waals surface area contributed by atoms with E-state index in [1.54, 1.807) is 0 Å². The highest BCUT2D eigenvalue weighted by Gasteiger charge is 2.31. The topological polar surface area (TPSA) is 58.7 Å². The van der Waals surface area contributed by atoms with Gasteiger partial charge in [-0.15, -0.1) is 0 Å². The van der Waals surface area contributed by atoms with Crippen LogP contribution in [0.4, 0.5) is 0 Å². The molecule has 1 fully saturated rings. The molecule has 1 saturated heterocycles. The average Bonchev–Trinajstić information content (AvgIpc) is 2.70. The summed E-state index contributed by atoms with van der Waals surface area (Å²) in [6.45, 7) is 0.759. The van der Waals surface area contributed by atoms with Gasteiger partial charge in [-0.3, -0.25) is 0 Å². The summed E-state index contributed by atoms with van der Waals surface area (Å²) in [7, 11) is -1.00. The molecule has 72 valence electrons. The lowest BCUT2D eigenvalue weighted by atomic mass is 10.2. The van der Waals surface area contributed by atoms with Crippen LogP contribution < -0.4 is 5.32 Å². The maximum absolute atomic E-state index is 10.8. The zero-order valence-electron chi connectivity index (χ0n) is 7.41. The third-order valence-electron chi connectivity index (χ3n) is 1.98. The molecule has 1 N–H and O–H groups in total. The van der Waals surface area contributed by atoms with Crippen molar-refractivity contribution in [2.75, 3.05) is 25.7 Å². The number of epoxide rings is 1. The monoisotopic (exact) mass is 193 g/mol. The Morgan fingerprint density at radius 3 is 2.58 bits per heavy atom. The number of ether oxygens (including phenoxy) is 1. The van der Waals surface area contributed by atoms with Gasteiger partial charge in [-0.05, 0) is 13.5 Å². The molecular weight excluding hydrogens is 178 g/mol. The Bertz CT molecular complexity index is 233. The van der Waals surface area contributed by atoms with Gasteiger partial charge in [0.2, 0.25) is 0 Å². The molecule has 0 aromatic rings. The summed E-state index contributed by atoms with van der Waals surface area (Å²) in [6, 6.07) is 0.194. The zero-order chi connectivity index (χ0) is 9.19. The molecule has 0 saturated carbocycles.